The summed E-state index contributed by atoms with van der Waals surface area (Å²) in [5.41, 5.74) is 14.4. The molecule has 1 aliphatic heterocycles. The molecule has 1 unspecified atom stereocenters. The molecule has 1 atom stereocenters. The average molecular weight is 887 g/mol. The van der Waals surface area contributed by atoms with Crippen molar-refractivity contribution in [2.45, 2.75) is 15.2 Å². The normalized spacial score (nSPS) is 14.9. The van der Waals surface area contributed by atoms with E-state index in [0.29, 0.717) is 0 Å². The molecule has 0 saturated heterocycles. The van der Waals surface area contributed by atoms with Gasteiger partial charge in [-0.2, -0.15) is 0 Å². The van der Waals surface area contributed by atoms with Crippen molar-refractivity contribution in [2.75, 3.05) is 4.90 Å². The van der Waals surface area contributed by atoms with Crippen LogP contribution in [0.5, 0.6) is 0 Å². The predicted molar refractivity (Wildman–Crippen MR) is 285 cm³/mol. The van der Waals surface area contributed by atoms with Crippen LogP contribution in [0.15, 0.2) is 240 Å². The van der Waals surface area contributed by atoms with Gasteiger partial charge in [-0.15, -0.1) is 11.3 Å². The summed E-state index contributed by atoms with van der Waals surface area (Å²) in [4.78, 5) is 5.05. The Labute approximate surface area is 395 Å². The second-order valence-corrected chi connectivity index (χ2v) is 20.1. The predicted octanol–water partition coefficient (Wildman–Crippen LogP) is 17.8. The number of benzene rings is 11. The molecule has 11 aromatic carbocycles. The molecule has 67 heavy (non-hydrogen) atoms. The fourth-order valence-electron chi connectivity index (χ4n) is 11.9. The number of anilines is 3. The van der Waals surface area contributed by atoms with Crippen LogP contribution in [0.25, 0.3) is 80.3 Å². The maximum atomic E-state index is 2.50. The summed E-state index contributed by atoms with van der Waals surface area (Å²) >= 11 is 3.77. The van der Waals surface area contributed by atoms with Gasteiger partial charge in [-0.25, -0.2) is 0 Å². The van der Waals surface area contributed by atoms with Crippen molar-refractivity contribution >= 4 is 104 Å². The first-order chi connectivity index (χ1) is 33.2. The highest BCUT2D eigenvalue weighted by Gasteiger charge is 2.48. The standard InChI is InChI=1S/C63H38N2S2/c1-2-18-44-39(14-1)15-13-27-55(44)64(41-32-35-57-50(36-41)46-20-4-8-26-56(46)65(57)43-30-33-48-47-21-5-9-28-58(47)66-60(48)37-43)42-31-34-53-61(38-42)67-59-29-10-7-24-52(59)63(53)51-23-6-3-19-45(51)49-22-11-16-40-17-12-25-54(63)62(40)49/h1-38H. The van der Waals surface area contributed by atoms with E-state index >= 15 is 0 Å². The molecule has 312 valence electrons. The van der Waals surface area contributed by atoms with Crippen LogP contribution in [0.1, 0.15) is 22.3 Å². The zero-order valence-electron chi connectivity index (χ0n) is 36.2. The van der Waals surface area contributed by atoms with Gasteiger partial charge in [-0.05, 0) is 116 Å². The maximum Gasteiger partial charge on any atom is 0.0735 e. The van der Waals surface area contributed by atoms with Crippen LogP contribution in [0.2, 0.25) is 0 Å². The highest BCUT2D eigenvalue weighted by molar-refractivity contribution is 7.99. The minimum absolute atomic E-state index is 0.510. The SMILES string of the molecule is c1ccc2c(c1)Sc1cc(N(c3ccc4c(c3)c3ccccc3n4-c3ccc4c(c3)sc3ccccc34)c3cccc4ccccc34)ccc1C21c2ccccc2-c2cccc3cccc1c23. The van der Waals surface area contributed by atoms with Crippen molar-refractivity contribution in [1.29, 1.82) is 0 Å². The molecule has 0 saturated carbocycles. The van der Waals surface area contributed by atoms with Gasteiger partial charge in [-0.3, -0.25) is 0 Å². The largest absolute Gasteiger partial charge is 0.310 e. The number of para-hydroxylation sites is 1. The van der Waals surface area contributed by atoms with Crippen LogP contribution >= 0.6 is 23.1 Å². The zero-order valence-corrected chi connectivity index (χ0v) is 37.8. The Kier molecular flexibility index (Phi) is 7.84. The summed E-state index contributed by atoms with van der Waals surface area (Å²) in [5, 5.41) is 10.1. The lowest BCUT2D eigenvalue weighted by molar-refractivity contribution is 0.707. The lowest BCUT2D eigenvalue weighted by Gasteiger charge is -2.46. The monoisotopic (exact) mass is 886 g/mol. The Hall–Kier alpha value is -7.89. The topological polar surface area (TPSA) is 8.17 Å². The van der Waals surface area contributed by atoms with Gasteiger partial charge in [0, 0.05) is 63.2 Å². The summed E-state index contributed by atoms with van der Waals surface area (Å²) < 4.78 is 5.07. The fraction of sp³-hybridized carbons (Fsp3) is 0.0159. The Morgan fingerprint density at radius 3 is 1.96 bits per heavy atom. The van der Waals surface area contributed by atoms with Gasteiger partial charge in [0.2, 0.25) is 0 Å². The quantitative estimate of drug-likeness (QED) is 0.174. The number of fused-ring (bicyclic) bond motifs is 15. The minimum atomic E-state index is -0.510. The minimum Gasteiger partial charge on any atom is -0.310 e. The maximum absolute atomic E-state index is 2.50. The van der Waals surface area contributed by atoms with E-state index in [1.54, 1.807) is 0 Å². The van der Waals surface area contributed by atoms with E-state index in [4.69, 9.17) is 0 Å². The summed E-state index contributed by atoms with van der Waals surface area (Å²) in [7, 11) is 0. The number of nitrogens with zero attached hydrogens (tertiary/aromatic N) is 2. The molecule has 2 nitrogen and oxygen atoms in total. The molecule has 0 N–H and O–H groups in total. The molecule has 13 aromatic rings. The molecule has 2 aromatic heterocycles. The van der Waals surface area contributed by atoms with Gasteiger partial charge in [0.1, 0.15) is 0 Å². The molecule has 3 heterocycles. The lowest BCUT2D eigenvalue weighted by Crippen LogP contribution is -2.36. The summed E-state index contributed by atoms with van der Waals surface area (Å²) in [5.74, 6) is 0. The number of hydrogen-bond acceptors (Lipinski definition) is 3. The Balaban J connectivity index is 0.971. The summed E-state index contributed by atoms with van der Waals surface area (Å²) in [6, 6.07) is 86.5. The zero-order chi connectivity index (χ0) is 43.8. The van der Waals surface area contributed by atoms with Crippen LogP contribution in [-0.4, -0.2) is 4.57 Å². The second kappa shape index (κ2) is 14.1. The molecule has 15 rings (SSSR count). The molecule has 1 spiro atoms. The van der Waals surface area contributed by atoms with Gasteiger partial charge in [-0.1, -0.05) is 176 Å². The van der Waals surface area contributed by atoms with Crippen molar-refractivity contribution < 1.29 is 0 Å². The molecule has 2 aliphatic rings. The van der Waals surface area contributed by atoms with E-state index in [0.717, 1.165) is 17.1 Å². The van der Waals surface area contributed by atoms with Crippen LogP contribution in [0.3, 0.4) is 0 Å². The summed E-state index contributed by atoms with van der Waals surface area (Å²) in [6.07, 6.45) is 0. The van der Waals surface area contributed by atoms with Crippen LogP contribution < -0.4 is 4.90 Å². The Bertz CT molecular complexity index is 4220. The molecular weight excluding hydrogens is 849 g/mol. The summed E-state index contributed by atoms with van der Waals surface area (Å²) in [6.45, 7) is 0. The third-order valence-corrected chi connectivity index (χ3v) is 16.9. The molecule has 4 heteroatoms. The van der Waals surface area contributed by atoms with E-state index < -0.39 is 5.41 Å². The second-order valence-electron chi connectivity index (χ2n) is 17.9. The van der Waals surface area contributed by atoms with Crippen molar-refractivity contribution in [3.05, 3.63) is 253 Å². The number of rotatable bonds is 4. The highest BCUT2D eigenvalue weighted by atomic mass is 32.2. The molecular formula is C63H38N2S2. The molecule has 0 amide bonds. The van der Waals surface area contributed by atoms with Gasteiger partial charge in [0.25, 0.3) is 0 Å². The number of hydrogen-bond donors (Lipinski definition) is 0. The average Bonchev–Trinajstić information content (AvgIpc) is 3.93. The lowest BCUT2D eigenvalue weighted by atomic mass is 9.59. The van der Waals surface area contributed by atoms with E-state index in [1.807, 2.05) is 23.1 Å². The van der Waals surface area contributed by atoms with Crippen molar-refractivity contribution in [1.82, 2.24) is 4.57 Å². The third-order valence-electron chi connectivity index (χ3n) is 14.6. The van der Waals surface area contributed by atoms with E-state index in [9.17, 15) is 0 Å². The van der Waals surface area contributed by atoms with Crippen LogP contribution in [0.4, 0.5) is 17.1 Å². The molecule has 1 aliphatic carbocycles. The highest BCUT2D eigenvalue weighted by Crippen LogP contribution is 2.62. The van der Waals surface area contributed by atoms with Crippen molar-refractivity contribution in [2.24, 2.45) is 0 Å². The van der Waals surface area contributed by atoms with E-state index in [1.165, 1.54) is 112 Å². The van der Waals surface area contributed by atoms with Crippen LogP contribution in [0, 0.1) is 0 Å². The smallest absolute Gasteiger partial charge is 0.0735 e. The third kappa shape index (κ3) is 5.17. The van der Waals surface area contributed by atoms with Crippen molar-refractivity contribution in [3.63, 3.8) is 0 Å². The molecule has 0 radical (unpaired) electrons. The molecule has 0 fully saturated rings. The first-order valence-electron chi connectivity index (χ1n) is 23.0. The van der Waals surface area contributed by atoms with E-state index in [-0.39, 0.29) is 0 Å². The number of aromatic nitrogens is 1. The first kappa shape index (κ1) is 37.3. The van der Waals surface area contributed by atoms with Gasteiger partial charge >= 0.3 is 0 Å². The fourth-order valence-corrected chi connectivity index (χ4v) is 14.2. The Morgan fingerprint density at radius 2 is 1.01 bits per heavy atom. The first-order valence-corrected chi connectivity index (χ1v) is 24.6. The molecule has 0 bridgehead atoms. The Morgan fingerprint density at radius 1 is 0.373 bits per heavy atom. The number of thiophene rings is 1. The van der Waals surface area contributed by atoms with Gasteiger partial charge in [0.15, 0.2) is 0 Å². The van der Waals surface area contributed by atoms with Crippen molar-refractivity contribution in [3.8, 4) is 16.8 Å². The van der Waals surface area contributed by atoms with Gasteiger partial charge < -0.3 is 9.47 Å². The van der Waals surface area contributed by atoms with Gasteiger partial charge in [0.05, 0.1) is 22.1 Å². The van der Waals surface area contributed by atoms with Crippen LogP contribution in [-0.2, 0) is 5.41 Å². The van der Waals surface area contributed by atoms with E-state index in [2.05, 4.69) is 240 Å².